The molecule has 5 heteroatoms. The summed E-state index contributed by atoms with van der Waals surface area (Å²) in [5.41, 5.74) is -0.485. The van der Waals surface area contributed by atoms with Crippen molar-refractivity contribution in [2.75, 3.05) is 13.1 Å². The molecule has 0 bridgehead atoms. The van der Waals surface area contributed by atoms with Gasteiger partial charge < -0.3 is 9.64 Å². The van der Waals surface area contributed by atoms with Crippen molar-refractivity contribution >= 4 is 27.8 Å². The lowest BCUT2D eigenvalue weighted by Crippen LogP contribution is -2.37. The molecule has 1 aliphatic rings. The minimum Gasteiger partial charge on any atom is -0.444 e. The number of carbonyl (C=O) groups is 2. The van der Waals surface area contributed by atoms with Crippen molar-refractivity contribution in [3.8, 4) is 0 Å². The third-order valence-electron chi connectivity index (χ3n) is 2.28. The molecule has 1 aliphatic heterocycles. The summed E-state index contributed by atoms with van der Waals surface area (Å²) in [5.74, 6) is 0.158. The van der Waals surface area contributed by atoms with E-state index in [1.807, 2.05) is 20.8 Å². The lowest BCUT2D eigenvalue weighted by atomic mass is 10.2. The van der Waals surface area contributed by atoms with Gasteiger partial charge in [0.25, 0.3) is 0 Å². The van der Waals surface area contributed by atoms with E-state index in [1.165, 1.54) is 0 Å². The van der Waals surface area contributed by atoms with E-state index in [0.717, 1.165) is 0 Å². The zero-order valence-corrected chi connectivity index (χ0v) is 11.5. The molecule has 0 spiro atoms. The van der Waals surface area contributed by atoms with Crippen LogP contribution in [0.2, 0.25) is 0 Å². The predicted octanol–water partition coefficient (Wildman–Crippen LogP) is 2.35. The van der Waals surface area contributed by atoms with Crippen LogP contribution in [0.15, 0.2) is 0 Å². The van der Waals surface area contributed by atoms with Gasteiger partial charge in [-0.05, 0) is 27.2 Å². The van der Waals surface area contributed by atoms with Gasteiger partial charge in [0.05, 0.1) is 4.83 Å². The number of hydrogen-bond acceptors (Lipinski definition) is 3. The smallest absolute Gasteiger partial charge is 0.410 e. The number of Topliss-reactive ketones (excluding diaryl/α,β-unsaturated/α-hetero) is 1. The van der Waals surface area contributed by atoms with E-state index < -0.39 is 5.60 Å². The van der Waals surface area contributed by atoms with Crippen LogP contribution in [0.4, 0.5) is 4.79 Å². The second kappa shape index (κ2) is 5.17. The van der Waals surface area contributed by atoms with E-state index in [-0.39, 0.29) is 16.7 Å². The van der Waals surface area contributed by atoms with E-state index in [1.54, 1.807) is 4.90 Å². The number of nitrogens with zero attached hydrogens (tertiary/aromatic N) is 1. The molecule has 1 atom stereocenters. The van der Waals surface area contributed by atoms with E-state index in [4.69, 9.17) is 4.74 Å². The summed E-state index contributed by atoms with van der Waals surface area (Å²) in [6.45, 7) is 6.52. The van der Waals surface area contributed by atoms with Crippen LogP contribution >= 0.6 is 15.9 Å². The SMILES string of the molecule is CC(C)(C)OC(=O)N1CCC(=O)C(Br)CC1. The van der Waals surface area contributed by atoms with Crippen LogP contribution in [0.3, 0.4) is 0 Å². The Hall–Kier alpha value is -0.580. The van der Waals surface area contributed by atoms with Gasteiger partial charge in [-0.3, -0.25) is 4.79 Å². The minimum atomic E-state index is -0.485. The molecular weight excluding hydrogens is 274 g/mol. The summed E-state index contributed by atoms with van der Waals surface area (Å²) >= 11 is 3.31. The quantitative estimate of drug-likeness (QED) is 0.644. The molecule has 1 unspecified atom stereocenters. The van der Waals surface area contributed by atoms with E-state index in [9.17, 15) is 9.59 Å². The molecule has 16 heavy (non-hydrogen) atoms. The van der Waals surface area contributed by atoms with Crippen molar-refractivity contribution in [1.29, 1.82) is 0 Å². The summed E-state index contributed by atoms with van der Waals surface area (Å²) in [5, 5.41) is 0. The average Bonchev–Trinajstić information content (AvgIpc) is 2.28. The fourth-order valence-electron chi connectivity index (χ4n) is 1.45. The number of halogens is 1. The third-order valence-corrected chi connectivity index (χ3v) is 3.25. The molecule has 0 saturated carbocycles. The first-order valence-corrected chi connectivity index (χ1v) is 6.36. The molecule has 0 N–H and O–H groups in total. The molecule has 1 rings (SSSR count). The monoisotopic (exact) mass is 291 g/mol. The van der Waals surface area contributed by atoms with Gasteiger partial charge in [0.2, 0.25) is 0 Å². The van der Waals surface area contributed by atoms with Crippen molar-refractivity contribution in [3.63, 3.8) is 0 Å². The highest BCUT2D eigenvalue weighted by Gasteiger charge is 2.27. The summed E-state index contributed by atoms with van der Waals surface area (Å²) in [6, 6.07) is 0. The molecule has 0 aromatic heterocycles. The van der Waals surface area contributed by atoms with Crippen LogP contribution < -0.4 is 0 Å². The number of alkyl halides is 1. The van der Waals surface area contributed by atoms with Gasteiger partial charge in [-0.2, -0.15) is 0 Å². The third kappa shape index (κ3) is 4.12. The maximum Gasteiger partial charge on any atom is 0.410 e. The Morgan fingerprint density at radius 1 is 1.44 bits per heavy atom. The van der Waals surface area contributed by atoms with Crippen LogP contribution in [0.25, 0.3) is 0 Å². The first-order chi connectivity index (χ1) is 7.29. The van der Waals surface area contributed by atoms with Crippen LogP contribution in [0.5, 0.6) is 0 Å². The fourth-order valence-corrected chi connectivity index (χ4v) is 1.89. The summed E-state index contributed by atoms with van der Waals surface area (Å²) in [6.07, 6.45) is 0.717. The molecular formula is C11H18BrNO3. The highest BCUT2D eigenvalue weighted by atomic mass is 79.9. The topological polar surface area (TPSA) is 46.6 Å². The lowest BCUT2D eigenvalue weighted by Gasteiger charge is -2.26. The Morgan fingerprint density at radius 2 is 2.06 bits per heavy atom. The average molecular weight is 292 g/mol. The Kier molecular flexibility index (Phi) is 4.35. The van der Waals surface area contributed by atoms with E-state index in [0.29, 0.717) is 25.9 Å². The number of hydrogen-bond donors (Lipinski definition) is 0. The summed E-state index contributed by atoms with van der Waals surface area (Å²) in [7, 11) is 0. The Labute approximate surface area is 104 Å². The Morgan fingerprint density at radius 3 is 2.62 bits per heavy atom. The number of ether oxygens (including phenoxy) is 1. The molecule has 4 nitrogen and oxygen atoms in total. The summed E-state index contributed by atoms with van der Waals surface area (Å²) < 4.78 is 5.26. The zero-order valence-electron chi connectivity index (χ0n) is 9.96. The second-order valence-corrected chi connectivity index (χ2v) is 6.05. The van der Waals surface area contributed by atoms with Crippen molar-refractivity contribution in [2.24, 2.45) is 0 Å². The van der Waals surface area contributed by atoms with Crippen molar-refractivity contribution < 1.29 is 14.3 Å². The molecule has 0 aliphatic carbocycles. The largest absolute Gasteiger partial charge is 0.444 e. The zero-order chi connectivity index (χ0) is 12.3. The van der Waals surface area contributed by atoms with Gasteiger partial charge >= 0.3 is 6.09 Å². The van der Waals surface area contributed by atoms with Crippen molar-refractivity contribution in [3.05, 3.63) is 0 Å². The second-order valence-electron chi connectivity index (χ2n) is 4.94. The maximum atomic E-state index is 11.8. The Balaban J connectivity index is 2.55. The molecule has 1 saturated heterocycles. The normalized spacial score (nSPS) is 22.9. The maximum absolute atomic E-state index is 11.8. The molecule has 0 aromatic carbocycles. The molecule has 92 valence electrons. The lowest BCUT2D eigenvalue weighted by molar-refractivity contribution is -0.118. The van der Waals surface area contributed by atoms with Gasteiger partial charge in [-0.1, -0.05) is 15.9 Å². The minimum absolute atomic E-state index is 0.125. The van der Waals surface area contributed by atoms with Gasteiger partial charge in [-0.15, -0.1) is 0 Å². The number of likely N-dealkylation sites (tertiary alicyclic amines) is 1. The number of carbonyl (C=O) groups excluding carboxylic acids is 2. The fraction of sp³-hybridized carbons (Fsp3) is 0.818. The molecule has 0 aromatic rings. The number of amides is 1. The standard InChI is InChI=1S/C11H18BrNO3/c1-11(2,3)16-10(15)13-6-4-8(12)9(14)5-7-13/h8H,4-7H2,1-3H3. The first kappa shape index (κ1) is 13.5. The van der Waals surface area contributed by atoms with Crippen LogP contribution in [-0.2, 0) is 9.53 Å². The van der Waals surface area contributed by atoms with Crippen LogP contribution in [-0.4, -0.2) is 40.3 Å². The van der Waals surface area contributed by atoms with E-state index in [2.05, 4.69) is 15.9 Å². The highest BCUT2D eigenvalue weighted by molar-refractivity contribution is 9.10. The number of ketones is 1. The Bertz CT molecular complexity index is 285. The van der Waals surface area contributed by atoms with Gasteiger partial charge in [0.1, 0.15) is 11.4 Å². The van der Waals surface area contributed by atoms with Crippen LogP contribution in [0, 0.1) is 0 Å². The van der Waals surface area contributed by atoms with Gasteiger partial charge in [0, 0.05) is 19.5 Å². The van der Waals surface area contributed by atoms with Crippen molar-refractivity contribution in [1.82, 2.24) is 4.90 Å². The summed E-state index contributed by atoms with van der Waals surface area (Å²) in [4.78, 5) is 24.7. The predicted molar refractivity (Wildman–Crippen MR) is 64.8 cm³/mol. The van der Waals surface area contributed by atoms with Crippen LogP contribution in [0.1, 0.15) is 33.6 Å². The molecule has 0 radical (unpaired) electrons. The highest BCUT2D eigenvalue weighted by Crippen LogP contribution is 2.17. The van der Waals surface area contributed by atoms with Crippen molar-refractivity contribution in [2.45, 2.75) is 44.0 Å². The van der Waals surface area contributed by atoms with Gasteiger partial charge in [-0.25, -0.2) is 4.79 Å². The molecule has 1 heterocycles. The first-order valence-electron chi connectivity index (χ1n) is 5.44. The van der Waals surface area contributed by atoms with E-state index >= 15 is 0 Å². The van der Waals surface area contributed by atoms with Gasteiger partial charge in [0.15, 0.2) is 0 Å². The molecule has 1 fully saturated rings. The number of rotatable bonds is 0. The molecule has 1 amide bonds.